The molecule has 9 heteroatoms. The maximum atomic E-state index is 12.4. The zero-order valence-corrected chi connectivity index (χ0v) is 15.9. The van der Waals surface area contributed by atoms with Crippen LogP contribution in [0, 0.1) is 0 Å². The second kappa shape index (κ2) is 8.09. The standard InChI is InChI=1S/C20H20N6O3/c1-26-11-14(10-25-26)9-22-20(28)17-7-16(23-12-24-17)19(27)21-8-13-2-3-18-15(6-13)4-5-29-18/h2-3,6-7,10-12H,4-5,8-9H2,1H3,(H,21,27)(H,22,28). The van der Waals surface area contributed by atoms with Crippen molar-refractivity contribution in [1.82, 2.24) is 30.4 Å². The van der Waals surface area contributed by atoms with Crippen LogP contribution in [-0.4, -0.2) is 38.2 Å². The molecule has 0 atom stereocenters. The minimum absolute atomic E-state index is 0.128. The van der Waals surface area contributed by atoms with E-state index in [1.54, 1.807) is 17.9 Å². The maximum Gasteiger partial charge on any atom is 0.270 e. The molecule has 0 saturated carbocycles. The second-order valence-corrected chi connectivity index (χ2v) is 6.72. The van der Waals surface area contributed by atoms with Crippen molar-refractivity contribution in [3.05, 3.63) is 71.1 Å². The van der Waals surface area contributed by atoms with E-state index in [1.165, 1.54) is 12.4 Å². The summed E-state index contributed by atoms with van der Waals surface area (Å²) in [5.74, 6) is 0.146. The maximum absolute atomic E-state index is 12.4. The molecule has 0 unspecified atom stereocenters. The summed E-state index contributed by atoms with van der Waals surface area (Å²) in [5.41, 5.74) is 3.25. The molecule has 2 aromatic heterocycles. The molecule has 1 aliphatic rings. The second-order valence-electron chi connectivity index (χ2n) is 6.72. The third-order valence-electron chi connectivity index (χ3n) is 4.55. The van der Waals surface area contributed by atoms with Crippen LogP contribution in [0.4, 0.5) is 0 Å². The molecular weight excluding hydrogens is 372 g/mol. The fraction of sp³-hybridized carbons (Fsp3) is 0.250. The Hall–Kier alpha value is -3.75. The third-order valence-corrected chi connectivity index (χ3v) is 4.55. The molecule has 0 fully saturated rings. The Morgan fingerprint density at radius 3 is 2.48 bits per heavy atom. The minimum atomic E-state index is -0.385. The number of aromatic nitrogens is 4. The molecule has 9 nitrogen and oxygen atoms in total. The highest BCUT2D eigenvalue weighted by atomic mass is 16.5. The van der Waals surface area contributed by atoms with E-state index in [9.17, 15) is 9.59 Å². The van der Waals surface area contributed by atoms with Gasteiger partial charge in [0.05, 0.1) is 12.8 Å². The Labute approximate surface area is 167 Å². The molecule has 0 radical (unpaired) electrons. The smallest absolute Gasteiger partial charge is 0.270 e. The van der Waals surface area contributed by atoms with Gasteiger partial charge in [-0.1, -0.05) is 12.1 Å². The number of nitrogens with one attached hydrogen (secondary N) is 2. The van der Waals surface area contributed by atoms with Crippen molar-refractivity contribution >= 4 is 11.8 Å². The minimum Gasteiger partial charge on any atom is -0.493 e. The summed E-state index contributed by atoms with van der Waals surface area (Å²) in [7, 11) is 1.80. The first-order valence-electron chi connectivity index (χ1n) is 9.19. The number of carbonyl (C=O) groups excluding carboxylic acids is 2. The van der Waals surface area contributed by atoms with Gasteiger partial charge in [-0.25, -0.2) is 9.97 Å². The number of amides is 2. The number of fused-ring (bicyclic) bond motifs is 1. The van der Waals surface area contributed by atoms with Gasteiger partial charge in [0.25, 0.3) is 11.8 Å². The Balaban J connectivity index is 1.35. The lowest BCUT2D eigenvalue weighted by Crippen LogP contribution is -2.27. The average molecular weight is 392 g/mol. The zero-order chi connectivity index (χ0) is 20.2. The van der Waals surface area contributed by atoms with E-state index >= 15 is 0 Å². The van der Waals surface area contributed by atoms with Crippen LogP contribution in [0.15, 0.2) is 43.0 Å². The van der Waals surface area contributed by atoms with E-state index in [0.29, 0.717) is 19.7 Å². The van der Waals surface area contributed by atoms with Crippen LogP contribution in [0.2, 0.25) is 0 Å². The molecular formula is C20H20N6O3. The number of rotatable bonds is 6. The average Bonchev–Trinajstić information content (AvgIpc) is 3.38. The number of hydrogen-bond acceptors (Lipinski definition) is 6. The molecule has 2 amide bonds. The normalized spacial score (nSPS) is 12.2. The molecule has 1 aromatic carbocycles. The predicted octanol–water partition coefficient (Wildman–Crippen LogP) is 1.00. The van der Waals surface area contributed by atoms with Gasteiger partial charge in [0.1, 0.15) is 23.5 Å². The highest BCUT2D eigenvalue weighted by molar-refractivity contribution is 5.97. The fourth-order valence-electron chi connectivity index (χ4n) is 3.06. The number of carbonyl (C=O) groups is 2. The Kier molecular flexibility index (Phi) is 5.19. The van der Waals surface area contributed by atoms with Crippen molar-refractivity contribution in [2.24, 2.45) is 7.05 Å². The van der Waals surface area contributed by atoms with Gasteiger partial charge in [-0.3, -0.25) is 14.3 Å². The van der Waals surface area contributed by atoms with E-state index in [2.05, 4.69) is 25.7 Å². The van der Waals surface area contributed by atoms with Crippen LogP contribution in [0.3, 0.4) is 0 Å². The summed E-state index contributed by atoms with van der Waals surface area (Å²) >= 11 is 0. The van der Waals surface area contributed by atoms with E-state index in [0.717, 1.165) is 28.9 Å². The van der Waals surface area contributed by atoms with Crippen LogP contribution in [-0.2, 0) is 26.6 Å². The summed E-state index contributed by atoms with van der Waals surface area (Å²) < 4.78 is 7.14. The van der Waals surface area contributed by atoms with E-state index in [-0.39, 0.29) is 23.2 Å². The Morgan fingerprint density at radius 1 is 1.07 bits per heavy atom. The van der Waals surface area contributed by atoms with Gasteiger partial charge >= 0.3 is 0 Å². The molecule has 4 rings (SSSR count). The first kappa shape index (κ1) is 18.6. The number of ether oxygens (including phenoxy) is 1. The van der Waals surface area contributed by atoms with Crippen LogP contribution in [0.25, 0.3) is 0 Å². The molecule has 0 aliphatic carbocycles. The molecule has 3 heterocycles. The monoisotopic (exact) mass is 392 g/mol. The van der Waals surface area contributed by atoms with E-state index in [4.69, 9.17) is 4.74 Å². The van der Waals surface area contributed by atoms with Crippen molar-refractivity contribution in [3.8, 4) is 5.75 Å². The number of nitrogens with zero attached hydrogens (tertiary/aromatic N) is 4. The Bertz CT molecular complexity index is 1060. The summed E-state index contributed by atoms with van der Waals surface area (Å²) in [6.07, 6.45) is 5.57. The quantitative estimate of drug-likeness (QED) is 0.648. The summed E-state index contributed by atoms with van der Waals surface area (Å²) in [6, 6.07) is 7.24. The van der Waals surface area contributed by atoms with E-state index < -0.39 is 0 Å². The van der Waals surface area contributed by atoms with Gasteiger partial charge in [0, 0.05) is 44.4 Å². The molecule has 0 spiro atoms. The van der Waals surface area contributed by atoms with Gasteiger partial charge in [0.2, 0.25) is 0 Å². The lowest BCUT2D eigenvalue weighted by molar-refractivity contribution is 0.0944. The first-order chi connectivity index (χ1) is 14.1. The molecule has 0 bridgehead atoms. The summed E-state index contributed by atoms with van der Waals surface area (Å²) in [5, 5.41) is 9.62. The molecule has 29 heavy (non-hydrogen) atoms. The zero-order valence-electron chi connectivity index (χ0n) is 15.9. The van der Waals surface area contributed by atoms with Gasteiger partial charge in [-0.2, -0.15) is 5.10 Å². The van der Waals surface area contributed by atoms with Crippen molar-refractivity contribution in [2.75, 3.05) is 6.61 Å². The van der Waals surface area contributed by atoms with Gasteiger partial charge in [-0.15, -0.1) is 0 Å². The van der Waals surface area contributed by atoms with E-state index in [1.807, 2.05) is 24.4 Å². The molecule has 0 saturated heterocycles. The lowest BCUT2D eigenvalue weighted by atomic mass is 10.1. The summed E-state index contributed by atoms with van der Waals surface area (Å²) in [6.45, 7) is 1.37. The molecule has 3 aromatic rings. The predicted molar refractivity (Wildman–Crippen MR) is 103 cm³/mol. The van der Waals surface area contributed by atoms with Gasteiger partial charge < -0.3 is 15.4 Å². The van der Waals surface area contributed by atoms with Crippen LogP contribution in [0.1, 0.15) is 37.7 Å². The van der Waals surface area contributed by atoms with Crippen LogP contribution < -0.4 is 15.4 Å². The fourth-order valence-corrected chi connectivity index (χ4v) is 3.06. The van der Waals surface area contributed by atoms with Crippen molar-refractivity contribution < 1.29 is 14.3 Å². The van der Waals surface area contributed by atoms with Crippen molar-refractivity contribution in [1.29, 1.82) is 0 Å². The van der Waals surface area contributed by atoms with Crippen LogP contribution in [0.5, 0.6) is 5.75 Å². The highest BCUT2D eigenvalue weighted by Crippen LogP contribution is 2.25. The largest absolute Gasteiger partial charge is 0.493 e. The number of benzene rings is 1. The third kappa shape index (κ3) is 4.40. The number of hydrogen-bond donors (Lipinski definition) is 2. The first-order valence-corrected chi connectivity index (χ1v) is 9.19. The topological polar surface area (TPSA) is 111 Å². The molecule has 2 N–H and O–H groups in total. The SMILES string of the molecule is Cn1cc(CNC(=O)c2cc(C(=O)NCc3ccc4c(c3)CCO4)ncn2)cn1. The van der Waals surface area contributed by atoms with Crippen molar-refractivity contribution in [3.63, 3.8) is 0 Å². The van der Waals surface area contributed by atoms with Gasteiger partial charge in [0.15, 0.2) is 0 Å². The van der Waals surface area contributed by atoms with Gasteiger partial charge in [-0.05, 0) is 17.2 Å². The van der Waals surface area contributed by atoms with Crippen molar-refractivity contribution in [2.45, 2.75) is 19.5 Å². The Morgan fingerprint density at radius 2 is 1.79 bits per heavy atom. The highest BCUT2D eigenvalue weighted by Gasteiger charge is 2.15. The summed E-state index contributed by atoms with van der Waals surface area (Å²) in [4.78, 5) is 32.7. The van der Waals surface area contributed by atoms with Crippen LogP contribution >= 0.6 is 0 Å². The molecule has 148 valence electrons. The lowest BCUT2D eigenvalue weighted by Gasteiger charge is -2.07. The molecule has 1 aliphatic heterocycles. The number of aryl methyl sites for hydroxylation is 1.